The Morgan fingerprint density at radius 2 is 1.67 bits per heavy atom. The summed E-state index contributed by atoms with van der Waals surface area (Å²) in [5.41, 5.74) is 2.92. The van der Waals surface area contributed by atoms with Crippen molar-refractivity contribution >= 4 is 22.5 Å². The highest BCUT2D eigenvalue weighted by Gasteiger charge is 2.05. The third-order valence-corrected chi connectivity index (χ3v) is 3.72. The molecule has 4 heteroatoms. The van der Waals surface area contributed by atoms with E-state index in [2.05, 4.69) is 28.5 Å². The van der Waals surface area contributed by atoms with Crippen molar-refractivity contribution in [3.8, 4) is 5.75 Å². The maximum Gasteiger partial charge on any atom is 0.138 e. The molecule has 2 aromatic carbocycles. The molecule has 106 valence electrons. The molecule has 0 fully saturated rings. The van der Waals surface area contributed by atoms with Crippen LogP contribution in [0, 0.1) is 0 Å². The molecule has 0 saturated heterocycles. The number of halogens is 1. The van der Waals surface area contributed by atoms with E-state index in [0.29, 0.717) is 18.1 Å². The lowest BCUT2D eigenvalue weighted by atomic mass is 10.1. The van der Waals surface area contributed by atoms with Crippen molar-refractivity contribution in [1.29, 1.82) is 0 Å². The van der Waals surface area contributed by atoms with Gasteiger partial charge in [-0.05, 0) is 17.7 Å². The van der Waals surface area contributed by atoms with Gasteiger partial charge in [0.05, 0.1) is 10.5 Å². The molecule has 0 aliphatic heterocycles. The predicted molar refractivity (Wildman–Crippen MR) is 85.4 cm³/mol. The van der Waals surface area contributed by atoms with Crippen LogP contribution in [-0.4, -0.2) is 10.1 Å². The summed E-state index contributed by atoms with van der Waals surface area (Å²) in [5.74, 6) is 0.141. The highest BCUT2D eigenvalue weighted by Crippen LogP contribution is 2.26. The van der Waals surface area contributed by atoms with Crippen molar-refractivity contribution in [2.45, 2.75) is 13.1 Å². The molecule has 3 aromatic rings. The average molecular weight is 299 g/mol. The van der Waals surface area contributed by atoms with Gasteiger partial charge in [-0.3, -0.25) is 4.98 Å². The summed E-state index contributed by atoms with van der Waals surface area (Å²) in [6, 6.07) is 15.5. The van der Waals surface area contributed by atoms with Gasteiger partial charge in [-0.15, -0.1) is 0 Å². The molecule has 0 saturated carbocycles. The number of phenolic OH excluding ortho intramolecular Hbond substituents is 1. The standard InChI is InChI=1S/C17H15ClN2O/c18-15-8-2-6-14(17(15)21)11-19-10-13-5-1-4-12-7-3-9-20-16(12)13/h1-9,19,21H,10-11H2. The van der Waals surface area contributed by atoms with E-state index >= 15 is 0 Å². The van der Waals surface area contributed by atoms with E-state index in [1.165, 1.54) is 0 Å². The highest BCUT2D eigenvalue weighted by atomic mass is 35.5. The van der Waals surface area contributed by atoms with E-state index < -0.39 is 0 Å². The third-order valence-electron chi connectivity index (χ3n) is 3.42. The molecule has 1 heterocycles. The zero-order chi connectivity index (χ0) is 14.7. The van der Waals surface area contributed by atoms with E-state index in [1.807, 2.05) is 24.3 Å². The van der Waals surface area contributed by atoms with Crippen molar-refractivity contribution in [1.82, 2.24) is 10.3 Å². The Kier molecular flexibility index (Phi) is 4.04. The van der Waals surface area contributed by atoms with Crippen LogP contribution in [0.15, 0.2) is 54.7 Å². The SMILES string of the molecule is Oc1c(Cl)cccc1CNCc1cccc2cccnc12. The highest BCUT2D eigenvalue weighted by molar-refractivity contribution is 6.32. The Hall–Kier alpha value is -2.10. The first-order chi connectivity index (χ1) is 10.3. The normalized spacial score (nSPS) is 10.9. The predicted octanol–water partition coefficient (Wildman–Crippen LogP) is 3.88. The summed E-state index contributed by atoms with van der Waals surface area (Å²) >= 11 is 5.90. The van der Waals surface area contributed by atoms with Gasteiger partial charge in [0.25, 0.3) is 0 Å². The number of rotatable bonds is 4. The molecule has 0 bridgehead atoms. The van der Waals surface area contributed by atoms with E-state index in [-0.39, 0.29) is 5.75 Å². The number of phenols is 1. The van der Waals surface area contributed by atoms with Crippen LogP contribution in [0.1, 0.15) is 11.1 Å². The Labute approximate surface area is 128 Å². The van der Waals surface area contributed by atoms with Gasteiger partial charge in [-0.2, -0.15) is 0 Å². The third kappa shape index (κ3) is 2.99. The molecule has 21 heavy (non-hydrogen) atoms. The van der Waals surface area contributed by atoms with Gasteiger partial charge < -0.3 is 10.4 Å². The van der Waals surface area contributed by atoms with Gasteiger partial charge >= 0.3 is 0 Å². The topological polar surface area (TPSA) is 45.1 Å². The Balaban J connectivity index is 1.74. The number of hydrogen-bond acceptors (Lipinski definition) is 3. The minimum absolute atomic E-state index is 0.141. The Morgan fingerprint density at radius 3 is 2.57 bits per heavy atom. The lowest BCUT2D eigenvalue weighted by Gasteiger charge is -2.09. The Bertz CT molecular complexity index is 768. The van der Waals surface area contributed by atoms with Gasteiger partial charge in [0, 0.05) is 30.2 Å². The van der Waals surface area contributed by atoms with Crippen molar-refractivity contribution in [3.05, 3.63) is 70.9 Å². The summed E-state index contributed by atoms with van der Waals surface area (Å²) in [5, 5.41) is 14.7. The van der Waals surface area contributed by atoms with Gasteiger partial charge in [0.15, 0.2) is 0 Å². The molecule has 3 rings (SSSR count). The fourth-order valence-electron chi connectivity index (χ4n) is 2.34. The van der Waals surface area contributed by atoms with Crippen molar-refractivity contribution in [3.63, 3.8) is 0 Å². The molecule has 2 N–H and O–H groups in total. The second-order valence-corrected chi connectivity index (χ2v) is 5.25. The number of aromatic hydroxyl groups is 1. The molecule has 0 radical (unpaired) electrons. The van der Waals surface area contributed by atoms with Crippen LogP contribution in [0.4, 0.5) is 0 Å². The van der Waals surface area contributed by atoms with Crippen molar-refractivity contribution < 1.29 is 5.11 Å². The largest absolute Gasteiger partial charge is 0.506 e. The molecule has 0 aliphatic rings. The first-order valence-corrected chi connectivity index (χ1v) is 7.13. The van der Waals surface area contributed by atoms with Crippen LogP contribution in [0.3, 0.4) is 0 Å². The quantitative estimate of drug-likeness (QED) is 0.768. The summed E-state index contributed by atoms with van der Waals surface area (Å²) in [4.78, 5) is 4.43. The van der Waals surface area contributed by atoms with Crippen LogP contribution < -0.4 is 5.32 Å². The zero-order valence-electron chi connectivity index (χ0n) is 11.4. The van der Waals surface area contributed by atoms with E-state index in [1.54, 1.807) is 12.3 Å². The summed E-state index contributed by atoms with van der Waals surface area (Å²) in [6.07, 6.45) is 1.80. The first kappa shape index (κ1) is 13.9. The van der Waals surface area contributed by atoms with Crippen LogP contribution in [0.5, 0.6) is 5.75 Å². The molecule has 0 atom stereocenters. The van der Waals surface area contributed by atoms with Crippen LogP contribution in [0.2, 0.25) is 5.02 Å². The van der Waals surface area contributed by atoms with Gasteiger partial charge in [0.2, 0.25) is 0 Å². The van der Waals surface area contributed by atoms with Crippen LogP contribution >= 0.6 is 11.6 Å². The number of benzene rings is 2. The van der Waals surface area contributed by atoms with Crippen molar-refractivity contribution in [2.75, 3.05) is 0 Å². The minimum Gasteiger partial charge on any atom is -0.506 e. The van der Waals surface area contributed by atoms with E-state index in [0.717, 1.165) is 22.0 Å². The fourth-order valence-corrected chi connectivity index (χ4v) is 2.54. The average Bonchev–Trinajstić information content (AvgIpc) is 2.52. The van der Waals surface area contributed by atoms with Crippen LogP contribution in [-0.2, 0) is 13.1 Å². The molecule has 0 amide bonds. The lowest BCUT2D eigenvalue weighted by molar-refractivity contribution is 0.464. The number of fused-ring (bicyclic) bond motifs is 1. The first-order valence-electron chi connectivity index (χ1n) is 6.75. The number of hydrogen-bond donors (Lipinski definition) is 2. The fraction of sp³-hybridized carbons (Fsp3) is 0.118. The number of para-hydroxylation sites is 2. The van der Waals surface area contributed by atoms with E-state index in [9.17, 15) is 5.11 Å². The zero-order valence-corrected chi connectivity index (χ0v) is 12.1. The minimum atomic E-state index is 0.141. The number of pyridine rings is 1. The molecule has 0 spiro atoms. The molecular formula is C17H15ClN2O. The molecule has 3 nitrogen and oxygen atoms in total. The van der Waals surface area contributed by atoms with E-state index in [4.69, 9.17) is 11.6 Å². The molecule has 0 aliphatic carbocycles. The van der Waals surface area contributed by atoms with Crippen molar-refractivity contribution in [2.24, 2.45) is 0 Å². The number of aromatic nitrogens is 1. The summed E-state index contributed by atoms with van der Waals surface area (Å²) < 4.78 is 0. The molecule has 1 aromatic heterocycles. The van der Waals surface area contributed by atoms with Gasteiger partial charge in [-0.25, -0.2) is 0 Å². The number of nitrogens with zero attached hydrogens (tertiary/aromatic N) is 1. The molecular weight excluding hydrogens is 284 g/mol. The number of nitrogens with one attached hydrogen (secondary N) is 1. The van der Waals surface area contributed by atoms with Gasteiger partial charge in [0.1, 0.15) is 5.75 Å². The summed E-state index contributed by atoms with van der Waals surface area (Å²) in [7, 11) is 0. The second-order valence-electron chi connectivity index (χ2n) is 4.84. The maximum atomic E-state index is 9.88. The van der Waals surface area contributed by atoms with Crippen LogP contribution in [0.25, 0.3) is 10.9 Å². The smallest absolute Gasteiger partial charge is 0.138 e. The Morgan fingerprint density at radius 1 is 0.952 bits per heavy atom. The monoisotopic (exact) mass is 298 g/mol. The lowest BCUT2D eigenvalue weighted by Crippen LogP contribution is -2.13. The van der Waals surface area contributed by atoms with Gasteiger partial charge in [-0.1, -0.05) is 48.0 Å². The molecule has 0 unspecified atom stereocenters. The summed E-state index contributed by atoms with van der Waals surface area (Å²) in [6.45, 7) is 1.23. The second kappa shape index (κ2) is 6.12. The maximum absolute atomic E-state index is 9.88.